The van der Waals surface area contributed by atoms with Gasteiger partial charge in [-0.3, -0.25) is 4.79 Å². The van der Waals surface area contributed by atoms with Crippen LogP contribution >= 0.6 is 0 Å². The van der Waals surface area contributed by atoms with E-state index in [0.29, 0.717) is 13.0 Å². The van der Waals surface area contributed by atoms with E-state index < -0.39 is 6.04 Å². The first kappa shape index (κ1) is 14.6. The number of hydrogen-bond acceptors (Lipinski definition) is 3. The fraction of sp³-hybridized carbons (Fsp3) is 0.278. The number of fused-ring (bicyclic) bond motifs is 1. The molecular formula is C18H20N2O2. The van der Waals surface area contributed by atoms with Gasteiger partial charge in [-0.15, -0.1) is 0 Å². The molecule has 0 fully saturated rings. The molecule has 4 nitrogen and oxygen atoms in total. The third kappa shape index (κ3) is 2.70. The number of phenolic OH excluding ortho intramolecular Hbond substituents is 1. The predicted molar refractivity (Wildman–Crippen MR) is 87.0 cm³/mol. The Bertz CT molecular complexity index is 712. The molecule has 0 saturated heterocycles. The monoisotopic (exact) mass is 296 g/mol. The minimum atomic E-state index is -0.575. The number of aryl methyl sites for hydroxylation is 1. The number of nitrogens with zero attached hydrogens (tertiary/aromatic N) is 1. The molecule has 1 heterocycles. The number of phenols is 1. The summed E-state index contributed by atoms with van der Waals surface area (Å²) in [6, 6.07) is 12.5. The maximum absolute atomic E-state index is 12.6. The number of carbonyl (C=O) groups excluding carboxylic acids is 1. The largest absolute Gasteiger partial charge is 0.508 e. The van der Waals surface area contributed by atoms with Gasteiger partial charge >= 0.3 is 0 Å². The van der Waals surface area contributed by atoms with Crippen LogP contribution in [0.15, 0.2) is 42.5 Å². The standard InChI is InChI=1S/C18H20N2O2/c1-12-10-15(21)7-6-14(12)11-16(19)18(22)20-9-8-13-4-2-3-5-17(13)20/h2-7,10,16,21H,8-9,11,19H2,1H3/t16-/m1/s1. The van der Waals surface area contributed by atoms with E-state index in [1.165, 1.54) is 5.56 Å². The molecule has 0 aromatic heterocycles. The average Bonchev–Trinajstić information content (AvgIpc) is 2.93. The summed E-state index contributed by atoms with van der Waals surface area (Å²) in [5, 5.41) is 9.46. The fourth-order valence-electron chi connectivity index (χ4n) is 3.00. The lowest BCUT2D eigenvalue weighted by atomic mass is 10.0. The van der Waals surface area contributed by atoms with Gasteiger partial charge in [0.15, 0.2) is 0 Å². The fourth-order valence-corrected chi connectivity index (χ4v) is 3.00. The van der Waals surface area contributed by atoms with Gasteiger partial charge in [0.25, 0.3) is 0 Å². The number of rotatable bonds is 3. The van der Waals surface area contributed by atoms with Gasteiger partial charge in [0.1, 0.15) is 5.75 Å². The average molecular weight is 296 g/mol. The molecule has 22 heavy (non-hydrogen) atoms. The first-order chi connectivity index (χ1) is 10.6. The molecule has 114 valence electrons. The van der Waals surface area contributed by atoms with Crippen molar-refractivity contribution in [3.05, 3.63) is 59.2 Å². The van der Waals surface area contributed by atoms with Gasteiger partial charge in [-0.2, -0.15) is 0 Å². The van der Waals surface area contributed by atoms with E-state index in [4.69, 9.17) is 5.73 Å². The summed E-state index contributed by atoms with van der Waals surface area (Å²) in [6.07, 6.45) is 1.36. The smallest absolute Gasteiger partial charge is 0.244 e. The molecule has 0 radical (unpaired) electrons. The number of hydrogen-bond donors (Lipinski definition) is 2. The van der Waals surface area contributed by atoms with Gasteiger partial charge in [0, 0.05) is 12.2 Å². The molecule has 0 unspecified atom stereocenters. The molecule has 2 aromatic carbocycles. The first-order valence-corrected chi connectivity index (χ1v) is 7.49. The van der Waals surface area contributed by atoms with Crippen molar-refractivity contribution in [2.45, 2.75) is 25.8 Å². The third-order valence-electron chi connectivity index (χ3n) is 4.24. The van der Waals surface area contributed by atoms with E-state index in [0.717, 1.165) is 23.2 Å². The molecule has 3 N–H and O–H groups in total. The highest BCUT2D eigenvalue weighted by atomic mass is 16.3. The summed E-state index contributed by atoms with van der Waals surface area (Å²) in [4.78, 5) is 14.4. The predicted octanol–water partition coefficient (Wildman–Crippen LogP) is 2.16. The summed E-state index contributed by atoms with van der Waals surface area (Å²) < 4.78 is 0. The molecule has 1 aliphatic rings. The zero-order chi connectivity index (χ0) is 15.7. The lowest BCUT2D eigenvalue weighted by Gasteiger charge is -2.22. The molecule has 0 aliphatic carbocycles. The molecule has 2 aromatic rings. The number of para-hydroxylation sites is 1. The number of nitrogens with two attached hydrogens (primary N) is 1. The van der Waals surface area contributed by atoms with Crippen LogP contribution in [0.5, 0.6) is 5.75 Å². The topological polar surface area (TPSA) is 66.6 Å². The van der Waals surface area contributed by atoms with Crippen LogP contribution < -0.4 is 10.6 Å². The van der Waals surface area contributed by atoms with Gasteiger partial charge in [0.2, 0.25) is 5.91 Å². The Hall–Kier alpha value is -2.33. The lowest BCUT2D eigenvalue weighted by molar-refractivity contribution is -0.119. The van der Waals surface area contributed by atoms with Crippen molar-refractivity contribution in [1.82, 2.24) is 0 Å². The zero-order valence-electron chi connectivity index (χ0n) is 12.6. The molecule has 1 amide bonds. The van der Waals surface area contributed by atoms with Crippen LogP contribution in [0, 0.1) is 6.92 Å². The Morgan fingerprint density at radius 3 is 2.86 bits per heavy atom. The summed E-state index contributed by atoms with van der Waals surface area (Å²) in [6.45, 7) is 2.61. The SMILES string of the molecule is Cc1cc(O)ccc1C[C@@H](N)C(=O)N1CCc2ccccc21. The van der Waals surface area contributed by atoms with Gasteiger partial charge in [0.05, 0.1) is 6.04 Å². The molecule has 1 atom stereocenters. The van der Waals surface area contributed by atoms with Crippen molar-refractivity contribution < 1.29 is 9.90 Å². The highest BCUT2D eigenvalue weighted by Crippen LogP contribution is 2.28. The summed E-state index contributed by atoms with van der Waals surface area (Å²) in [5.41, 5.74) is 10.3. The quantitative estimate of drug-likeness (QED) is 0.912. The number of benzene rings is 2. The lowest BCUT2D eigenvalue weighted by Crippen LogP contribution is -2.44. The van der Waals surface area contributed by atoms with E-state index >= 15 is 0 Å². The number of aromatic hydroxyl groups is 1. The molecule has 0 saturated carbocycles. The number of anilines is 1. The van der Waals surface area contributed by atoms with Crippen molar-refractivity contribution in [1.29, 1.82) is 0 Å². The highest BCUT2D eigenvalue weighted by Gasteiger charge is 2.28. The minimum Gasteiger partial charge on any atom is -0.508 e. The van der Waals surface area contributed by atoms with Crippen LogP contribution in [0.1, 0.15) is 16.7 Å². The Kier molecular flexibility index (Phi) is 3.86. The Labute approximate surface area is 130 Å². The first-order valence-electron chi connectivity index (χ1n) is 7.49. The highest BCUT2D eigenvalue weighted by molar-refractivity contribution is 5.99. The number of carbonyl (C=O) groups is 1. The van der Waals surface area contributed by atoms with Crippen LogP contribution in [0.3, 0.4) is 0 Å². The van der Waals surface area contributed by atoms with Crippen molar-refractivity contribution in [2.24, 2.45) is 5.73 Å². The maximum Gasteiger partial charge on any atom is 0.244 e. The second kappa shape index (κ2) is 5.81. The Morgan fingerprint density at radius 2 is 2.09 bits per heavy atom. The van der Waals surface area contributed by atoms with Crippen molar-refractivity contribution in [2.75, 3.05) is 11.4 Å². The van der Waals surface area contributed by atoms with Gasteiger partial charge in [-0.1, -0.05) is 24.3 Å². The molecular weight excluding hydrogens is 276 g/mol. The molecule has 0 bridgehead atoms. The Balaban J connectivity index is 1.76. The maximum atomic E-state index is 12.6. The van der Waals surface area contributed by atoms with E-state index in [2.05, 4.69) is 6.07 Å². The van der Waals surface area contributed by atoms with Gasteiger partial charge < -0.3 is 15.7 Å². The van der Waals surface area contributed by atoms with E-state index in [9.17, 15) is 9.90 Å². The minimum absolute atomic E-state index is 0.0441. The normalized spacial score (nSPS) is 14.7. The number of amides is 1. The van der Waals surface area contributed by atoms with Gasteiger partial charge in [-0.25, -0.2) is 0 Å². The molecule has 0 spiro atoms. The van der Waals surface area contributed by atoms with Crippen LogP contribution in [0.2, 0.25) is 0 Å². The molecule has 1 aliphatic heterocycles. The summed E-state index contributed by atoms with van der Waals surface area (Å²) in [5.74, 6) is 0.187. The van der Waals surface area contributed by atoms with Crippen molar-refractivity contribution in [3.63, 3.8) is 0 Å². The molecule has 3 rings (SSSR count). The second-order valence-electron chi connectivity index (χ2n) is 5.79. The van der Waals surface area contributed by atoms with Gasteiger partial charge in [-0.05, 0) is 54.7 Å². The van der Waals surface area contributed by atoms with Crippen LogP contribution in [0.25, 0.3) is 0 Å². The van der Waals surface area contributed by atoms with Crippen molar-refractivity contribution >= 4 is 11.6 Å². The molecule has 4 heteroatoms. The van der Waals surface area contributed by atoms with Crippen LogP contribution in [0.4, 0.5) is 5.69 Å². The Morgan fingerprint density at radius 1 is 1.32 bits per heavy atom. The summed E-state index contributed by atoms with van der Waals surface area (Å²) in [7, 11) is 0. The zero-order valence-corrected chi connectivity index (χ0v) is 12.6. The van der Waals surface area contributed by atoms with E-state index in [-0.39, 0.29) is 11.7 Å². The van der Waals surface area contributed by atoms with E-state index in [1.807, 2.05) is 31.2 Å². The van der Waals surface area contributed by atoms with Crippen LogP contribution in [-0.2, 0) is 17.6 Å². The third-order valence-corrected chi connectivity index (χ3v) is 4.24. The second-order valence-corrected chi connectivity index (χ2v) is 5.79. The van der Waals surface area contributed by atoms with E-state index in [1.54, 1.807) is 17.0 Å². The summed E-state index contributed by atoms with van der Waals surface area (Å²) >= 11 is 0. The van der Waals surface area contributed by atoms with Crippen LogP contribution in [-0.4, -0.2) is 23.6 Å². The van der Waals surface area contributed by atoms with Crippen molar-refractivity contribution in [3.8, 4) is 5.75 Å².